The van der Waals surface area contributed by atoms with Crippen LogP contribution in [0, 0.1) is 23.2 Å². The van der Waals surface area contributed by atoms with Crippen molar-refractivity contribution in [3.05, 3.63) is 47.0 Å². The molecular formula is C24H27ClN2OS. The van der Waals surface area contributed by atoms with E-state index in [0.717, 1.165) is 28.5 Å². The largest absolute Gasteiger partial charge is 0.359 e. The number of fused-ring (bicyclic) bond motifs is 1. The van der Waals surface area contributed by atoms with Gasteiger partial charge in [0.15, 0.2) is 5.11 Å². The van der Waals surface area contributed by atoms with E-state index in [-0.39, 0.29) is 11.9 Å². The highest BCUT2D eigenvalue weighted by molar-refractivity contribution is 7.80. The number of hydrogen-bond acceptors (Lipinski definition) is 2. The molecule has 0 aliphatic heterocycles. The lowest BCUT2D eigenvalue weighted by atomic mass is 9.48. The van der Waals surface area contributed by atoms with E-state index in [4.69, 9.17) is 23.8 Å². The first-order valence-corrected chi connectivity index (χ1v) is 11.5. The maximum atomic E-state index is 12.9. The summed E-state index contributed by atoms with van der Waals surface area (Å²) in [5.41, 5.74) is 0.938. The van der Waals surface area contributed by atoms with Crippen molar-refractivity contribution in [1.82, 2.24) is 10.6 Å². The third kappa shape index (κ3) is 3.44. The highest BCUT2D eigenvalue weighted by Gasteiger charge is 2.53. The van der Waals surface area contributed by atoms with Crippen molar-refractivity contribution in [2.75, 3.05) is 0 Å². The molecule has 4 aliphatic rings. The van der Waals surface area contributed by atoms with Crippen LogP contribution in [0.1, 0.15) is 55.8 Å². The van der Waals surface area contributed by atoms with Gasteiger partial charge in [0.2, 0.25) is 0 Å². The fourth-order valence-electron chi connectivity index (χ4n) is 6.73. The number of carbonyl (C=O) groups is 1. The van der Waals surface area contributed by atoms with E-state index in [1.807, 2.05) is 36.4 Å². The molecule has 4 saturated carbocycles. The highest BCUT2D eigenvalue weighted by atomic mass is 35.5. The van der Waals surface area contributed by atoms with E-state index < -0.39 is 0 Å². The summed E-state index contributed by atoms with van der Waals surface area (Å²) in [6.45, 7) is 2.25. The third-order valence-electron chi connectivity index (χ3n) is 7.69. The fraction of sp³-hybridized carbons (Fsp3) is 0.500. The quantitative estimate of drug-likeness (QED) is 0.618. The first-order valence-electron chi connectivity index (χ1n) is 10.7. The maximum Gasteiger partial charge on any atom is 0.258 e. The molecule has 152 valence electrons. The van der Waals surface area contributed by atoms with E-state index >= 15 is 0 Å². The van der Waals surface area contributed by atoms with Crippen molar-refractivity contribution < 1.29 is 4.79 Å². The molecule has 0 aromatic heterocycles. The Morgan fingerprint density at radius 3 is 2.28 bits per heavy atom. The molecule has 1 atom stereocenters. The number of benzene rings is 2. The summed E-state index contributed by atoms with van der Waals surface area (Å²) in [4.78, 5) is 12.9. The Balaban J connectivity index is 1.29. The van der Waals surface area contributed by atoms with Crippen LogP contribution in [0.3, 0.4) is 0 Å². The number of thiocarbonyl (C=S) groups is 1. The Morgan fingerprint density at radius 2 is 1.62 bits per heavy atom. The fourth-order valence-corrected chi connectivity index (χ4v) is 7.24. The Bertz CT molecular complexity index is 953. The SMILES string of the molecule is C[C@@H](NC(=S)NC(=O)c1cccc2c(Cl)cccc12)C12CC3CC(CC(C3)C1)C2. The minimum absolute atomic E-state index is 0.187. The maximum absolute atomic E-state index is 12.9. The molecule has 4 bridgehead atoms. The summed E-state index contributed by atoms with van der Waals surface area (Å²) in [6.07, 6.45) is 8.22. The van der Waals surface area contributed by atoms with Gasteiger partial charge in [-0.1, -0.05) is 35.9 Å². The molecule has 0 radical (unpaired) electrons. The summed E-state index contributed by atoms with van der Waals surface area (Å²) < 4.78 is 0. The molecule has 29 heavy (non-hydrogen) atoms. The van der Waals surface area contributed by atoms with Crippen molar-refractivity contribution in [2.24, 2.45) is 23.2 Å². The molecule has 0 heterocycles. The van der Waals surface area contributed by atoms with Crippen molar-refractivity contribution in [3.63, 3.8) is 0 Å². The van der Waals surface area contributed by atoms with Crippen LogP contribution in [-0.4, -0.2) is 17.1 Å². The number of rotatable bonds is 3. The molecular weight excluding hydrogens is 400 g/mol. The van der Waals surface area contributed by atoms with Gasteiger partial charge in [-0.25, -0.2) is 0 Å². The highest BCUT2D eigenvalue weighted by Crippen LogP contribution is 2.61. The Kier molecular flexibility index (Phi) is 4.83. The lowest BCUT2D eigenvalue weighted by Gasteiger charge is -2.59. The van der Waals surface area contributed by atoms with Crippen molar-refractivity contribution in [3.8, 4) is 0 Å². The van der Waals surface area contributed by atoms with E-state index in [2.05, 4.69) is 17.6 Å². The molecule has 4 aliphatic carbocycles. The smallest absolute Gasteiger partial charge is 0.258 e. The van der Waals surface area contributed by atoms with Crippen molar-refractivity contribution >= 4 is 45.6 Å². The summed E-state index contributed by atoms with van der Waals surface area (Å²) in [5.74, 6) is 2.50. The monoisotopic (exact) mass is 426 g/mol. The van der Waals surface area contributed by atoms with Gasteiger partial charge in [0.1, 0.15) is 0 Å². The third-order valence-corrected chi connectivity index (χ3v) is 8.24. The minimum atomic E-state index is -0.187. The van der Waals surface area contributed by atoms with Gasteiger partial charge in [-0.15, -0.1) is 0 Å². The number of halogens is 1. The predicted molar refractivity (Wildman–Crippen MR) is 122 cm³/mol. The summed E-state index contributed by atoms with van der Waals surface area (Å²) in [5, 5.41) is 9.17. The lowest BCUT2D eigenvalue weighted by Crippen LogP contribution is -2.57. The van der Waals surface area contributed by atoms with Crippen LogP contribution >= 0.6 is 23.8 Å². The van der Waals surface area contributed by atoms with Gasteiger partial charge < -0.3 is 5.32 Å². The summed E-state index contributed by atoms with van der Waals surface area (Å²) in [6, 6.07) is 11.5. The van der Waals surface area contributed by atoms with Gasteiger partial charge in [0, 0.05) is 22.0 Å². The van der Waals surface area contributed by atoms with E-state index in [1.165, 1.54) is 38.5 Å². The molecule has 0 saturated heterocycles. The summed E-state index contributed by atoms with van der Waals surface area (Å²) >= 11 is 11.8. The summed E-state index contributed by atoms with van der Waals surface area (Å²) in [7, 11) is 0. The topological polar surface area (TPSA) is 41.1 Å². The molecule has 2 aromatic carbocycles. The van der Waals surface area contributed by atoms with E-state index in [0.29, 0.717) is 21.1 Å². The number of carbonyl (C=O) groups excluding carboxylic acids is 1. The molecule has 3 nitrogen and oxygen atoms in total. The molecule has 2 N–H and O–H groups in total. The second-order valence-corrected chi connectivity index (χ2v) is 10.4. The average Bonchev–Trinajstić information content (AvgIpc) is 2.66. The van der Waals surface area contributed by atoms with Crippen LogP contribution in [0.5, 0.6) is 0 Å². The Labute approximate surface area is 182 Å². The molecule has 6 rings (SSSR count). The average molecular weight is 427 g/mol. The van der Waals surface area contributed by atoms with Crippen LogP contribution in [0.15, 0.2) is 36.4 Å². The molecule has 5 heteroatoms. The lowest BCUT2D eigenvalue weighted by molar-refractivity contribution is -0.0672. The second kappa shape index (κ2) is 7.24. The zero-order valence-electron chi connectivity index (χ0n) is 16.7. The molecule has 1 amide bonds. The normalized spacial score (nSPS) is 30.9. The molecule has 0 unspecified atom stereocenters. The molecule has 4 fully saturated rings. The van der Waals surface area contributed by atoms with Gasteiger partial charge in [-0.05, 0) is 98.4 Å². The van der Waals surface area contributed by atoms with Crippen LogP contribution in [0.2, 0.25) is 5.02 Å². The van der Waals surface area contributed by atoms with Crippen LogP contribution in [0.4, 0.5) is 0 Å². The van der Waals surface area contributed by atoms with Gasteiger partial charge in [-0.2, -0.15) is 0 Å². The van der Waals surface area contributed by atoms with Crippen LogP contribution in [-0.2, 0) is 0 Å². The van der Waals surface area contributed by atoms with Crippen molar-refractivity contribution in [2.45, 2.75) is 51.5 Å². The second-order valence-electron chi connectivity index (χ2n) is 9.57. The first kappa shape index (κ1) is 19.3. The Morgan fingerprint density at radius 1 is 1.03 bits per heavy atom. The van der Waals surface area contributed by atoms with Gasteiger partial charge in [-0.3, -0.25) is 10.1 Å². The Hall–Kier alpha value is -1.65. The van der Waals surface area contributed by atoms with Crippen LogP contribution in [0.25, 0.3) is 10.8 Å². The number of amides is 1. The zero-order valence-corrected chi connectivity index (χ0v) is 18.3. The van der Waals surface area contributed by atoms with Gasteiger partial charge in [0.05, 0.1) is 0 Å². The number of hydrogen-bond donors (Lipinski definition) is 2. The van der Waals surface area contributed by atoms with E-state index in [1.54, 1.807) is 0 Å². The van der Waals surface area contributed by atoms with E-state index in [9.17, 15) is 4.79 Å². The number of nitrogens with one attached hydrogen (secondary N) is 2. The zero-order chi connectivity index (χ0) is 20.2. The standard InChI is InChI=1S/C24H27ClN2OS/c1-14(24-11-15-8-16(12-24)10-17(9-15)13-24)26-23(29)27-22(28)20-6-2-5-19-18(20)4-3-7-21(19)25/h2-7,14-17H,8-13H2,1H3,(H2,26,27,28,29)/t14-,15?,16?,17?,24?/m1/s1. The molecule has 2 aromatic rings. The first-order chi connectivity index (χ1) is 13.9. The van der Waals surface area contributed by atoms with Crippen LogP contribution < -0.4 is 10.6 Å². The molecule has 0 spiro atoms. The predicted octanol–water partition coefficient (Wildman–Crippen LogP) is 5.70. The van der Waals surface area contributed by atoms with Gasteiger partial charge in [0.25, 0.3) is 5.91 Å². The van der Waals surface area contributed by atoms with Gasteiger partial charge >= 0.3 is 0 Å². The van der Waals surface area contributed by atoms with Crippen molar-refractivity contribution in [1.29, 1.82) is 0 Å². The minimum Gasteiger partial charge on any atom is -0.359 e.